The molecule has 1 N–H and O–H groups in total. The number of aromatic nitrogens is 1. The Hall–Kier alpha value is -1.94. The molecule has 3 rings (SSSR count). The maximum absolute atomic E-state index is 13.8. The first-order chi connectivity index (χ1) is 9.09. The first kappa shape index (κ1) is 12.1. The highest BCUT2D eigenvalue weighted by Gasteiger charge is 2.17. The number of rotatable bonds is 1. The van der Waals surface area contributed by atoms with E-state index >= 15 is 0 Å². The van der Waals surface area contributed by atoms with E-state index in [2.05, 4.69) is 4.98 Å². The van der Waals surface area contributed by atoms with Crippen LogP contribution in [0.5, 0.6) is 0 Å². The first-order valence-electron chi connectivity index (χ1n) is 5.49. The van der Waals surface area contributed by atoms with E-state index in [9.17, 15) is 13.2 Å². The number of benzene rings is 2. The summed E-state index contributed by atoms with van der Waals surface area (Å²) in [5.41, 5.74) is 1.05. The number of hydrogen-bond donors (Lipinski definition) is 1. The molecular formula is C14H7ClF3N. The van der Waals surface area contributed by atoms with E-state index in [1.165, 1.54) is 6.07 Å². The van der Waals surface area contributed by atoms with Crippen molar-refractivity contribution in [3.8, 4) is 11.1 Å². The molecule has 0 amide bonds. The normalized spacial score (nSPS) is 11.2. The summed E-state index contributed by atoms with van der Waals surface area (Å²) in [6.07, 6.45) is 1.70. The molecular weight excluding hydrogens is 275 g/mol. The number of aromatic amines is 1. The first-order valence-corrected chi connectivity index (χ1v) is 5.87. The molecule has 1 aromatic heterocycles. The molecule has 0 aliphatic rings. The van der Waals surface area contributed by atoms with Crippen molar-refractivity contribution in [2.75, 3.05) is 0 Å². The topological polar surface area (TPSA) is 15.8 Å². The smallest absolute Gasteiger partial charge is 0.195 e. The van der Waals surface area contributed by atoms with Crippen LogP contribution in [0.3, 0.4) is 0 Å². The molecule has 0 spiro atoms. The molecule has 3 aromatic rings. The van der Waals surface area contributed by atoms with E-state index in [0.29, 0.717) is 16.0 Å². The lowest BCUT2D eigenvalue weighted by molar-refractivity contribution is 0.449. The van der Waals surface area contributed by atoms with Crippen molar-refractivity contribution in [3.05, 3.63) is 59.0 Å². The van der Waals surface area contributed by atoms with Crippen LogP contribution in [0.1, 0.15) is 0 Å². The third kappa shape index (κ3) is 1.79. The quantitative estimate of drug-likeness (QED) is 0.610. The van der Waals surface area contributed by atoms with E-state index in [1.807, 2.05) is 0 Å². The molecule has 19 heavy (non-hydrogen) atoms. The van der Waals surface area contributed by atoms with Gasteiger partial charge >= 0.3 is 0 Å². The van der Waals surface area contributed by atoms with Gasteiger partial charge in [-0.25, -0.2) is 13.2 Å². The van der Waals surface area contributed by atoms with Crippen LogP contribution in [-0.2, 0) is 0 Å². The molecule has 0 bridgehead atoms. The van der Waals surface area contributed by atoms with Crippen molar-refractivity contribution in [2.45, 2.75) is 0 Å². The highest BCUT2D eigenvalue weighted by atomic mass is 35.5. The summed E-state index contributed by atoms with van der Waals surface area (Å²) < 4.78 is 40.0. The van der Waals surface area contributed by atoms with Gasteiger partial charge in [0.1, 0.15) is 0 Å². The van der Waals surface area contributed by atoms with E-state index in [4.69, 9.17) is 11.6 Å². The SMILES string of the molecule is Fc1ccc(-c2ccc3[nH]ccc3c2Cl)c(F)c1F. The van der Waals surface area contributed by atoms with E-state index in [-0.39, 0.29) is 5.56 Å². The molecule has 1 heterocycles. The van der Waals surface area contributed by atoms with Gasteiger partial charge in [0.2, 0.25) is 0 Å². The molecule has 1 nitrogen and oxygen atoms in total. The van der Waals surface area contributed by atoms with Crippen LogP contribution >= 0.6 is 11.6 Å². The van der Waals surface area contributed by atoms with Crippen LogP contribution in [0.15, 0.2) is 36.5 Å². The maximum atomic E-state index is 13.8. The fourth-order valence-corrected chi connectivity index (χ4v) is 2.37. The zero-order valence-electron chi connectivity index (χ0n) is 9.48. The number of nitrogens with one attached hydrogen (secondary N) is 1. The monoisotopic (exact) mass is 281 g/mol. The van der Waals surface area contributed by atoms with Crippen molar-refractivity contribution >= 4 is 22.5 Å². The van der Waals surface area contributed by atoms with Crippen LogP contribution in [0.25, 0.3) is 22.0 Å². The predicted molar refractivity (Wildman–Crippen MR) is 68.6 cm³/mol. The lowest BCUT2D eigenvalue weighted by atomic mass is 10.0. The van der Waals surface area contributed by atoms with Gasteiger partial charge in [0, 0.05) is 28.2 Å². The standard InChI is InChI=1S/C14H7ClF3N/c15-12-7(2-4-11-9(12)5-6-19-11)8-1-3-10(16)14(18)13(8)17/h1-6,19H. The molecule has 2 aromatic carbocycles. The fraction of sp³-hybridized carbons (Fsp3) is 0. The minimum atomic E-state index is -1.50. The third-order valence-corrected chi connectivity index (χ3v) is 3.40. The molecule has 5 heteroatoms. The highest BCUT2D eigenvalue weighted by molar-refractivity contribution is 6.38. The molecule has 0 saturated carbocycles. The van der Waals surface area contributed by atoms with Gasteiger partial charge in [-0.1, -0.05) is 17.7 Å². The molecule has 0 saturated heterocycles. The Morgan fingerprint density at radius 3 is 2.37 bits per heavy atom. The number of hydrogen-bond acceptors (Lipinski definition) is 0. The Morgan fingerprint density at radius 1 is 0.842 bits per heavy atom. The molecule has 0 atom stereocenters. The van der Waals surface area contributed by atoms with Gasteiger partial charge in [-0.15, -0.1) is 0 Å². The second kappa shape index (κ2) is 4.31. The molecule has 0 aliphatic carbocycles. The summed E-state index contributed by atoms with van der Waals surface area (Å²) in [5, 5.41) is 0.993. The molecule has 0 fully saturated rings. The van der Waals surface area contributed by atoms with Crippen LogP contribution in [0, 0.1) is 17.5 Å². The average Bonchev–Trinajstić information content (AvgIpc) is 2.87. The Bertz CT molecular complexity index is 780. The van der Waals surface area contributed by atoms with Gasteiger partial charge in [0.05, 0.1) is 5.02 Å². The van der Waals surface area contributed by atoms with Gasteiger partial charge in [0.15, 0.2) is 17.5 Å². The van der Waals surface area contributed by atoms with E-state index < -0.39 is 17.5 Å². The van der Waals surface area contributed by atoms with E-state index in [0.717, 1.165) is 11.6 Å². The largest absolute Gasteiger partial charge is 0.361 e. The van der Waals surface area contributed by atoms with Crippen molar-refractivity contribution in [2.24, 2.45) is 0 Å². The zero-order valence-corrected chi connectivity index (χ0v) is 10.2. The van der Waals surface area contributed by atoms with Gasteiger partial charge in [-0.3, -0.25) is 0 Å². The van der Waals surface area contributed by atoms with E-state index in [1.54, 1.807) is 24.4 Å². The van der Waals surface area contributed by atoms with Crippen molar-refractivity contribution in [1.29, 1.82) is 0 Å². The zero-order chi connectivity index (χ0) is 13.6. The van der Waals surface area contributed by atoms with Crippen LogP contribution in [0.2, 0.25) is 5.02 Å². The highest BCUT2D eigenvalue weighted by Crippen LogP contribution is 2.36. The minimum Gasteiger partial charge on any atom is -0.361 e. The molecule has 96 valence electrons. The van der Waals surface area contributed by atoms with Gasteiger partial charge in [-0.2, -0.15) is 0 Å². The summed E-state index contributed by atoms with van der Waals surface area (Å²) in [6, 6.07) is 7.06. The lowest BCUT2D eigenvalue weighted by Gasteiger charge is -2.08. The maximum Gasteiger partial charge on any atom is 0.195 e. The lowest BCUT2D eigenvalue weighted by Crippen LogP contribution is -1.94. The Morgan fingerprint density at radius 2 is 1.58 bits per heavy atom. The number of fused-ring (bicyclic) bond motifs is 1. The van der Waals surface area contributed by atoms with Gasteiger partial charge in [0.25, 0.3) is 0 Å². The Kier molecular flexibility index (Phi) is 2.75. The van der Waals surface area contributed by atoms with Gasteiger partial charge < -0.3 is 4.98 Å². The van der Waals surface area contributed by atoms with Crippen LogP contribution in [-0.4, -0.2) is 4.98 Å². The van der Waals surface area contributed by atoms with Crippen LogP contribution in [0.4, 0.5) is 13.2 Å². The second-order valence-corrected chi connectivity index (χ2v) is 4.47. The Labute approximate surface area is 111 Å². The molecule has 0 aliphatic heterocycles. The minimum absolute atomic E-state index is 0.0630. The van der Waals surface area contributed by atoms with Crippen molar-refractivity contribution < 1.29 is 13.2 Å². The predicted octanol–water partition coefficient (Wildman–Crippen LogP) is 4.91. The van der Waals surface area contributed by atoms with Gasteiger partial charge in [-0.05, 0) is 24.3 Å². The average molecular weight is 282 g/mol. The van der Waals surface area contributed by atoms with Crippen LogP contribution < -0.4 is 0 Å². The number of H-pyrrole nitrogens is 1. The summed E-state index contributed by atoms with van der Waals surface area (Å²) >= 11 is 6.18. The summed E-state index contributed by atoms with van der Waals surface area (Å²) in [7, 11) is 0. The molecule has 0 unspecified atom stereocenters. The molecule has 0 radical (unpaired) electrons. The van der Waals surface area contributed by atoms with Crippen molar-refractivity contribution in [3.63, 3.8) is 0 Å². The number of halogens is 4. The van der Waals surface area contributed by atoms with Crippen molar-refractivity contribution in [1.82, 2.24) is 4.98 Å². The summed E-state index contributed by atoms with van der Waals surface area (Å²) in [4.78, 5) is 2.96. The fourth-order valence-electron chi connectivity index (χ4n) is 2.04. The summed E-state index contributed by atoms with van der Waals surface area (Å²) in [5.74, 6) is -3.96. The summed E-state index contributed by atoms with van der Waals surface area (Å²) in [6.45, 7) is 0. The Balaban J connectivity index is 2.30. The third-order valence-electron chi connectivity index (χ3n) is 2.99. The second-order valence-electron chi connectivity index (χ2n) is 4.09.